The Hall–Kier alpha value is -1.12. The van der Waals surface area contributed by atoms with Crippen LogP contribution in [0.15, 0.2) is 24.3 Å². The molecule has 2 rings (SSSR count). The molecule has 1 amide bonds. The molecule has 0 spiro atoms. The number of nitrogens with zero attached hydrogens (tertiary/aromatic N) is 1. The van der Waals surface area contributed by atoms with E-state index < -0.39 is 5.54 Å². The predicted octanol–water partition coefficient (Wildman–Crippen LogP) is 3.07. The Labute approximate surface area is 128 Å². The molecule has 20 heavy (non-hydrogen) atoms. The first kappa shape index (κ1) is 15.3. The third-order valence-electron chi connectivity index (χ3n) is 3.28. The zero-order chi connectivity index (χ0) is 14.4. The van der Waals surface area contributed by atoms with Gasteiger partial charge in [-0.3, -0.25) is 4.79 Å². The number of amides is 1. The Morgan fingerprint density at radius 2 is 2.25 bits per heavy atom. The fourth-order valence-corrected chi connectivity index (χ4v) is 3.94. The SMILES string of the molecule is CCSCc1ccc(C(=O)N[C@@]2(C#N)CCSC2)cc1. The summed E-state index contributed by atoms with van der Waals surface area (Å²) in [6, 6.07) is 9.92. The van der Waals surface area contributed by atoms with Gasteiger partial charge in [-0.05, 0) is 35.6 Å². The largest absolute Gasteiger partial charge is 0.333 e. The van der Waals surface area contributed by atoms with Crippen molar-refractivity contribution < 1.29 is 4.79 Å². The molecule has 1 aliphatic rings. The maximum absolute atomic E-state index is 12.2. The number of carbonyl (C=O) groups is 1. The average molecular weight is 306 g/mol. The molecule has 1 saturated heterocycles. The lowest BCUT2D eigenvalue weighted by molar-refractivity contribution is 0.0926. The van der Waals surface area contributed by atoms with Gasteiger partial charge in [-0.25, -0.2) is 0 Å². The minimum atomic E-state index is -0.682. The van der Waals surface area contributed by atoms with Crippen LogP contribution in [-0.2, 0) is 5.75 Å². The summed E-state index contributed by atoms with van der Waals surface area (Å²) in [4.78, 5) is 12.2. The van der Waals surface area contributed by atoms with Crippen molar-refractivity contribution >= 4 is 29.4 Å². The van der Waals surface area contributed by atoms with Crippen molar-refractivity contribution in [3.63, 3.8) is 0 Å². The number of nitriles is 1. The van der Waals surface area contributed by atoms with E-state index in [2.05, 4.69) is 18.3 Å². The van der Waals surface area contributed by atoms with Crippen LogP contribution in [0.5, 0.6) is 0 Å². The van der Waals surface area contributed by atoms with E-state index in [-0.39, 0.29) is 5.91 Å². The fraction of sp³-hybridized carbons (Fsp3) is 0.467. The van der Waals surface area contributed by atoms with Crippen LogP contribution in [0.4, 0.5) is 0 Å². The molecule has 0 aliphatic carbocycles. The summed E-state index contributed by atoms with van der Waals surface area (Å²) >= 11 is 3.57. The summed E-state index contributed by atoms with van der Waals surface area (Å²) in [6.45, 7) is 2.13. The number of hydrogen-bond donors (Lipinski definition) is 1. The van der Waals surface area contributed by atoms with Crippen LogP contribution < -0.4 is 5.32 Å². The second kappa shape index (κ2) is 7.05. The highest BCUT2D eigenvalue weighted by Gasteiger charge is 2.36. The highest BCUT2D eigenvalue weighted by atomic mass is 32.2. The van der Waals surface area contributed by atoms with E-state index >= 15 is 0 Å². The Kier molecular flexibility index (Phi) is 5.38. The molecule has 106 valence electrons. The van der Waals surface area contributed by atoms with Gasteiger partial charge in [-0.1, -0.05) is 19.1 Å². The molecule has 1 fully saturated rings. The molecule has 0 unspecified atom stereocenters. The van der Waals surface area contributed by atoms with Crippen molar-refractivity contribution in [2.45, 2.75) is 24.6 Å². The van der Waals surface area contributed by atoms with Crippen LogP contribution in [0.1, 0.15) is 29.3 Å². The average Bonchev–Trinajstić information content (AvgIpc) is 2.94. The van der Waals surface area contributed by atoms with E-state index in [0.717, 1.165) is 23.7 Å². The van der Waals surface area contributed by atoms with Crippen LogP contribution in [0.25, 0.3) is 0 Å². The van der Waals surface area contributed by atoms with Gasteiger partial charge >= 0.3 is 0 Å². The number of benzene rings is 1. The summed E-state index contributed by atoms with van der Waals surface area (Å²) in [5, 5.41) is 12.2. The van der Waals surface area contributed by atoms with Crippen LogP contribution >= 0.6 is 23.5 Å². The quantitative estimate of drug-likeness (QED) is 0.908. The predicted molar refractivity (Wildman–Crippen MR) is 86.0 cm³/mol. The van der Waals surface area contributed by atoms with Gasteiger partial charge in [0.05, 0.1) is 6.07 Å². The van der Waals surface area contributed by atoms with E-state index in [4.69, 9.17) is 0 Å². The van der Waals surface area contributed by atoms with Crippen LogP contribution in [-0.4, -0.2) is 28.7 Å². The fourth-order valence-electron chi connectivity index (χ4n) is 2.04. The standard InChI is InChI=1S/C15H18N2OS2/c1-2-19-9-12-3-5-13(6-4-12)14(18)17-15(10-16)7-8-20-11-15/h3-6H,2,7-9,11H2,1H3,(H,17,18)/t15-/m1/s1. The lowest BCUT2D eigenvalue weighted by atomic mass is 10.0. The third-order valence-corrected chi connectivity index (χ3v) is 5.41. The van der Waals surface area contributed by atoms with Gasteiger partial charge in [0.1, 0.15) is 5.54 Å². The van der Waals surface area contributed by atoms with E-state index in [0.29, 0.717) is 11.3 Å². The maximum Gasteiger partial charge on any atom is 0.252 e. The van der Waals surface area contributed by atoms with Gasteiger partial charge in [-0.2, -0.15) is 28.8 Å². The zero-order valence-electron chi connectivity index (χ0n) is 11.5. The van der Waals surface area contributed by atoms with E-state index in [9.17, 15) is 10.1 Å². The number of carbonyl (C=O) groups excluding carboxylic acids is 1. The Morgan fingerprint density at radius 1 is 1.50 bits per heavy atom. The van der Waals surface area contributed by atoms with Crippen LogP contribution in [0, 0.1) is 11.3 Å². The van der Waals surface area contributed by atoms with E-state index in [1.807, 2.05) is 36.0 Å². The number of rotatable bonds is 5. The molecule has 0 aromatic heterocycles. The summed E-state index contributed by atoms with van der Waals surface area (Å²) in [5.74, 6) is 3.52. The van der Waals surface area contributed by atoms with Gasteiger partial charge in [0, 0.05) is 17.1 Å². The van der Waals surface area contributed by atoms with Crippen LogP contribution in [0.3, 0.4) is 0 Å². The van der Waals surface area contributed by atoms with Gasteiger partial charge in [0.2, 0.25) is 0 Å². The molecule has 1 heterocycles. The monoisotopic (exact) mass is 306 g/mol. The van der Waals surface area contributed by atoms with Crippen molar-refractivity contribution in [3.8, 4) is 6.07 Å². The van der Waals surface area contributed by atoms with E-state index in [1.54, 1.807) is 11.8 Å². The van der Waals surface area contributed by atoms with Gasteiger partial charge < -0.3 is 5.32 Å². The molecular weight excluding hydrogens is 288 g/mol. The lowest BCUT2D eigenvalue weighted by Crippen LogP contribution is -2.47. The number of hydrogen-bond acceptors (Lipinski definition) is 4. The molecular formula is C15H18N2OS2. The lowest BCUT2D eigenvalue weighted by Gasteiger charge is -2.21. The van der Waals surface area contributed by atoms with Crippen molar-refractivity contribution in [2.75, 3.05) is 17.3 Å². The molecule has 1 aromatic rings. The van der Waals surface area contributed by atoms with Gasteiger partial charge in [0.25, 0.3) is 5.91 Å². The van der Waals surface area contributed by atoms with Crippen molar-refractivity contribution in [2.24, 2.45) is 0 Å². The molecule has 1 aliphatic heterocycles. The molecule has 1 N–H and O–H groups in total. The maximum atomic E-state index is 12.2. The molecule has 0 radical (unpaired) electrons. The molecule has 0 saturated carbocycles. The Balaban J connectivity index is 2.00. The Morgan fingerprint density at radius 3 is 2.80 bits per heavy atom. The summed E-state index contributed by atoms with van der Waals surface area (Å²) < 4.78 is 0. The number of nitrogens with one attached hydrogen (secondary N) is 1. The molecule has 0 bridgehead atoms. The minimum absolute atomic E-state index is 0.149. The smallest absolute Gasteiger partial charge is 0.252 e. The summed E-state index contributed by atoms with van der Waals surface area (Å²) in [6.07, 6.45) is 0.727. The van der Waals surface area contributed by atoms with Crippen molar-refractivity contribution in [3.05, 3.63) is 35.4 Å². The van der Waals surface area contributed by atoms with E-state index in [1.165, 1.54) is 5.56 Å². The highest BCUT2D eigenvalue weighted by Crippen LogP contribution is 2.27. The van der Waals surface area contributed by atoms with Gasteiger partial charge in [-0.15, -0.1) is 0 Å². The van der Waals surface area contributed by atoms with Crippen LogP contribution in [0.2, 0.25) is 0 Å². The number of thioether (sulfide) groups is 2. The normalized spacial score (nSPS) is 21.4. The topological polar surface area (TPSA) is 52.9 Å². The summed E-state index contributed by atoms with van der Waals surface area (Å²) in [7, 11) is 0. The van der Waals surface area contributed by atoms with Crippen molar-refractivity contribution in [1.82, 2.24) is 5.32 Å². The molecule has 3 nitrogen and oxygen atoms in total. The first-order valence-corrected chi connectivity index (χ1v) is 8.98. The van der Waals surface area contributed by atoms with Gasteiger partial charge in [0.15, 0.2) is 0 Å². The highest BCUT2D eigenvalue weighted by molar-refractivity contribution is 7.99. The molecule has 1 aromatic carbocycles. The summed E-state index contributed by atoms with van der Waals surface area (Å²) in [5.41, 5.74) is 1.17. The second-order valence-electron chi connectivity index (χ2n) is 4.78. The first-order valence-electron chi connectivity index (χ1n) is 6.67. The zero-order valence-corrected chi connectivity index (χ0v) is 13.1. The molecule has 5 heteroatoms. The first-order chi connectivity index (χ1) is 9.69. The third kappa shape index (κ3) is 3.71. The Bertz CT molecular complexity index is 502. The molecule has 1 atom stereocenters. The second-order valence-corrected chi connectivity index (χ2v) is 7.16. The minimum Gasteiger partial charge on any atom is -0.333 e. The van der Waals surface area contributed by atoms with Crippen molar-refractivity contribution in [1.29, 1.82) is 5.26 Å².